The summed E-state index contributed by atoms with van der Waals surface area (Å²) in [6.45, 7) is 37.3. The SMILES string of the molecule is CC(C)C(=O)CC(NC(=O)C(CCCCN)NC(=O)CN1CCC(N2CCCCC2)CC1)C(=O)C(C)C.CC(C)C(=O)CC(NC(=O)C(Cc1cc(Br)c(O)c(Br)c1)NC(=O)OC(C)(C)C)C(=O)C(C)C.CC(C)C(=O)CC(NS(=O)(=O)CCN1CCN(C2CCN(C)CC2)CC1)C(=O)C(C)C. The van der Waals surface area contributed by atoms with Gasteiger partial charge in [0, 0.05) is 119 Å². The Kier molecular flexibility index (Phi) is 40.5. The summed E-state index contributed by atoms with van der Waals surface area (Å²) in [6, 6.07) is -0.235. The first-order chi connectivity index (χ1) is 47.6. The molecule has 4 heterocycles. The number of phenols is 1. The summed E-state index contributed by atoms with van der Waals surface area (Å²) in [4.78, 5) is 139. The Balaban J connectivity index is 0.000000399. The van der Waals surface area contributed by atoms with Gasteiger partial charge < -0.3 is 46.6 Å². The van der Waals surface area contributed by atoms with Crippen molar-refractivity contribution in [2.75, 3.05) is 97.9 Å². The number of unbranched alkanes of at least 4 members (excludes halogenated alkanes) is 1. The number of benzene rings is 1. The fourth-order valence-electron chi connectivity index (χ4n) is 12.5. The lowest BCUT2D eigenvalue weighted by atomic mass is 9.93. The molecule has 582 valence electrons. The van der Waals surface area contributed by atoms with Crippen LogP contribution in [-0.2, 0) is 64.3 Å². The predicted molar refractivity (Wildman–Crippen MR) is 406 cm³/mol. The van der Waals surface area contributed by atoms with Crippen LogP contribution in [0.25, 0.3) is 0 Å². The Bertz CT molecular complexity index is 2970. The molecule has 4 saturated heterocycles. The number of hydrogen-bond donors (Lipinski definition) is 7. The number of halogens is 2. The maximum Gasteiger partial charge on any atom is 0.408 e. The molecular formula is C74H127Br2N11O14S. The van der Waals surface area contributed by atoms with Gasteiger partial charge in [0.1, 0.15) is 40.8 Å². The molecule has 1 aromatic carbocycles. The van der Waals surface area contributed by atoms with E-state index < -0.39 is 69.7 Å². The lowest BCUT2D eigenvalue weighted by Crippen LogP contribution is -2.54. The number of nitrogens with one attached hydrogen (secondary N) is 5. The third-order valence-corrected chi connectivity index (χ3v) is 21.7. The molecule has 0 aromatic heterocycles. The normalized spacial score (nSPS) is 18.1. The van der Waals surface area contributed by atoms with Gasteiger partial charge in [-0.2, -0.15) is 0 Å². The third-order valence-electron chi connectivity index (χ3n) is 19.1. The molecule has 25 nitrogen and oxygen atoms in total. The highest BCUT2D eigenvalue weighted by Gasteiger charge is 2.36. The van der Waals surface area contributed by atoms with E-state index in [0.717, 1.165) is 71.6 Å². The van der Waals surface area contributed by atoms with E-state index in [1.165, 1.54) is 45.2 Å². The lowest BCUT2D eigenvalue weighted by Gasteiger charge is -2.42. The van der Waals surface area contributed by atoms with Crippen molar-refractivity contribution in [1.82, 2.24) is 50.5 Å². The zero-order valence-corrected chi connectivity index (χ0v) is 68.2. The van der Waals surface area contributed by atoms with Gasteiger partial charge in [-0.1, -0.05) is 89.5 Å². The minimum absolute atomic E-state index is 0.000329. The van der Waals surface area contributed by atoms with Crippen molar-refractivity contribution < 1.29 is 66.2 Å². The van der Waals surface area contributed by atoms with Crippen LogP contribution in [0.3, 0.4) is 0 Å². The zero-order chi connectivity index (χ0) is 76.9. The molecule has 0 spiro atoms. The van der Waals surface area contributed by atoms with Gasteiger partial charge in [-0.15, -0.1) is 0 Å². The number of alkyl carbamates (subject to hydrolysis) is 1. The van der Waals surface area contributed by atoms with E-state index in [9.17, 15) is 61.5 Å². The van der Waals surface area contributed by atoms with Gasteiger partial charge in [0.15, 0.2) is 17.3 Å². The van der Waals surface area contributed by atoms with Gasteiger partial charge in [-0.05, 0) is 168 Å². The molecule has 0 aliphatic carbocycles. The van der Waals surface area contributed by atoms with Crippen molar-refractivity contribution in [3.63, 3.8) is 0 Å². The van der Waals surface area contributed by atoms with Crippen LogP contribution >= 0.6 is 31.9 Å². The number of piperazine rings is 1. The summed E-state index contributed by atoms with van der Waals surface area (Å²) in [5.41, 5.74) is 5.48. The molecule has 4 aliphatic rings. The van der Waals surface area contributed by atoms with Gasteiger partial charge in [0.25, 0.3) is 0 Å². The Morgan fingerprint density at radius 3 is 1.42 bits per heavy atom. The van der Waals surface area contributed by atoms with Gasteiger partial charge in [-0.25, -0.2) is 17.9 Å². The van der Waals surface area contributed by atoms with E-state index in [1.807, 2.05) is 0 Å². The number of likely N-dealkylation sites (tertiary alicyclic amines) is 3. The largest absolute Gasteiger partial charge is 0.506 e. The molecule has 5 atom stereocenters. The van der Waals surface area contributed by atoms with E-state index in [2.05, 4.69) is 89.4 Å². The number of hydrogen-bond acceptors (Lipinski definition) is 20. The van der Waals surface area contributed by atoms with Crippen molar-refractivity contribution in [2.24, 2.45) is 41.2 Å². The van der Waals surface area contributed by atoms with E-state index in [0.29, 0.717) is 52.5 Å². The fraction of sp³-hybridized carbons (Fsp3) is 0.784. The zero-order valence-electron chi connectivity index (χ0n) is 64.2. The predicted octanol–water partition coefficient (Wildman–Crippen LogP) is 7.38. The second-order valence-electron chi connectivity index (χ2n) is 31.0. The number of carbonyl (C=O) groups is 10. The second kappa shape index (κ2) is 45.1. The molecule has 8 N–H and O–H groups in total. The minimum Gasteiger partial charge on any atom is -0.506 e. The molecule has 5 rings (SSSR count). The summed E-state index contributed by atoms with van der Waals surface area (Å²) in [6.07, 6.45) is 9.30. The van der Waals surface area contributed by atoms with Gasteiger partial charge in [0.2, 0.25) is 27.7 Å². The number of rotatable bonds is 36. The first-order valence-corrected chi connectivity index (χ1v) is 40.4. The molecule has 0 bridgehead atoms. The first kappa shape index (κ1) is 91.6. The highest BCUT2D eigenvalue weighted by Crippen LogP contribution is 2.34. The maximum atomic E-state index is 13.3. The van der Waals surface area contributed by atoms with Crippen molar-refractivity contribution in [1.29, 1.82) is 0 Å². The molecule has 102 heavy (non-hydrogen) atoms. The topological polar surface area (TPSA) is 337 Å². The second-order valence-corrected chi connectivity index (χ2v) is 34.6. The van der Waals surface area contributed by atoms with Crippen molar-refractivity contribution in [3.05, 3.63) is 26.6 Å². The van der Waals surface area contributed by atoms with Crippen LogP contribution in [-0.4, -0.2) is 242 Å². The average Bonchev–Trinajstić information content (AvgIpc) is 0.838. The highest BCUT2D eigenvalue weighted by atomic mass is 79.9. The standard InChI is InChI=1S/C28H51N5O4.C24H34Br2N2O6.C22H42N4O4S/c1-20(2)25(34)18-24(27(36)21(3)4)31-28(37)23(10-6-7-13-29)30-26(35)19-32-16-11-22(12-17-32)33-14-8-5-9-15-33;1-12(2)19(29)11-17(20(30)13(3)4)27-22(32)18(28-23(33)34-24(5,6)7)10-14-8-15(25)21(31)16(26)9-14;1-17(2)21(27)16-20(22(28)18(3)4)23-31(29,30)15-14-25-10-12-26(13-11-25)19-6-8-24(5)9-7-19/h20-24H,5-19,29H2,1-4H3,(H,30,35)(H,31,37);8-9,12-13,17-18,31H,10-11H2,1-7H3,(H,27,32)(H,28,33);17-20,23H,6-16H2,1-5H3. The van der Waals surface area contributed by atoms with Crippen LogP contribution in [0.1, 0.15) is 193 Å². The van der Waals surface area contributed by atoms with Crippen LogP contribution in [0.5, 0.6) is 5.75 Å². The number of amides is 4. The number of ketones is 6. The number of nitrogens with two attached hydrogens (primary N) is 1. The summed E-state index contributed by atoms with van der Waals surface area (Å²) in [5.74, 6) is -4.07. The Morgan fingerprint density at radius 1 is 0.549 bits per heavy atom. The summed E-state index contributed by atoms with van der Waals surface area (Å²) >= 11 is 6.51. The summed E-state index contributed by atoms with van der Waals surface area (Å²) in [5, 5.41) is 20.9. The molecule has 4 aliphatic heterocycles. The monoisotopic (exact) mass is 1580 g/mol. The molecule has 1 aromatic rings. The van der Waals surface area contributed by atoms with E-state index in [4.69, 9.17) is 10.5 Å². The summed E-state index contributed by atoms with van der Waals surface area (Å²) in [7, 11) is -1.49. The smallest absolute Gasteiger partial charge is 0.408 e. The number of nitrogens with zero attached hydrogens (tertiary/aromatic N) is 5. The number of phenolic OH excluding ortho intramolecular Hbond substituents is 1. The van der Waals surface area contributed by atoms with Crippen LogP contribution in [0.15, 0.2) is 21.1 Å². The molecule has 0 radical (unpaired) electrons. The minimum atomic E-state index is -3.65. The van der Waals surface area contributed by atoms with E-state index in [-0.39, 0.29) is 114 Å². The highest BCUT2D eigenvalue weighted by molar-refractivity contribution is 9.11. The Morgan fingerprint density at radius 2 is 0.980 bits per heavy atom. The molecule has 4 fully saturated rings. The number of piperidine rings is 3. The molecule has 5 unspecified atom stereocenters. The Labute approximate surface area is 626 Å². The first-order valence-electron chi connectivity index (χ1n) is 37.2. The summed E-state index contributed by atoms with van der Waals surface area (Å²) < 4.78 is 34.0. The molecule has 28 heteroatoms. The number of carbonyl (C=O) groups excluding carboxylic acids is 10. The van der Waals surface area contributed by atoms with Gasteiger partial charge in [0.05, 0.1) is 39.4 Å². The van der Waals surface area contributed by atoms with Crippen LogP contribution in [0.4, 0.5) is 4.79 Å². The van der Waals surface area contributed by atoms with Crippen LogP contribution in [0, 0.1) is 35.5 Å². The van der Waals surface area contributed by atoms with Gasteiger partial charge in [-0.3, -0.25) is 57.9 Å². The fourth-order valence-corrected chi connectivity index (χ4v) is 15.0. The number of Topliss-reactive ketones (excluding diaryl/α,β-unsaturated/α-hetero) is 6. The van der Waals surface area contributed by atoms with Crippen molar-refractivity contribution in [2.45, 2.75) is 242 Å². The van der Waals surface area contributed by atoms with E-state index >= 15 is 0 Å². The molecular weight excluding hydrogens is 1460 g/mol. The molecule has 4 amide bonds. The van der Waals surface area contributed by atoms with Crippen molar-refractivity contribution >= 4 is 100 Å². The van der Waals surface area contributed by atoms with E-state index in [1.54, 1.807) is 116 Å². The lowest BCUT2D eigenvalue weighted by molar-refractivity contribution is -0.134. The van der Waals surface area contributed by atoms with Crippen LogP contribution in [0.2, 0.25) is 0 Å². The number of ether oxygens (including phenoxy) is 1. The van der Waals surface area contributed by atoms with Crippen molar-refractivity contribution in [3.8, 4) is 5.75 Å². The third kappa shape index (κ3) is 33.9. The Hall–Kier alpha value is -4.65. The maximum absolute atomic E-state index is 13.3. The molecule has 0 saturated carbocycles. The quantitative estimate of drug-likeness (QED) is 0.0322. The average molecular weight is 1590 g/mol. The number of sulfonamides is 1. The van der Waals surface area contributed by atoms with Gasteiger partial charge >= 0.3 is 6.09 Å². The number of aromatic hydroxyl groups is 1. The van der Waals surface area contributed by atoms with Crippen LogP contribution < -0.4 is 31.7 Å².